The molecule has 0 aromatic heterocycles. The number of carbonyl (C=O) groups excluding carboxylic acids is 1. The summed E-state index contributed by atoms with van der Waals surface area (Å²) in [4.78, 5) is 15.9. The van der Waals surface area contributed by atoms with Gasteiger partial charge in [0.15, 0.2) is 0 Å². The monoisotopic (exact) mass is 390 g/mol. The van der Waals surface area contributed by atoms with Gasteiger partial charge in [0, 0.05) is 17.8 Å². The topological polar surface area (TPSA) is 46.3 Å². The summed E-state index contributed by atoms with van der Waals surface area (Å²) in [5.41, 5.74) is 10.5. The van der Waals surface area contributed by atoms with Gasteiger partial charge >= 0.3 is 0 Å². The standard InChI is InChI=1S/C25H27FN2O/c26-21-3-1-2-18(10-21)19-4-5-22-20(9-19)6-7-28(22)23(29)24-11-16-8-17(12-24)14-25(27,13-16)15-24/h1-5,9-10,16-17H,6-8,11-15,27H2. The Labute approximate surface area is 171 Å². The molecule has 4 heteroatoms. The van der Waals surface area contributed by atoms with Crippen LogP contribution in [-0.2, 0) is 11.2 Å². The molecule has 2 aromatic carbocycles. The Morgan fingerprint density at radius 3 is 2.52 bits per heavy atom. The quantitative estimate of drug-likeness (QED) is 0.809. The third-order valence-corrected chi connectivity index (χ3v) is 7.94. The molecule has 1 aliphatic heterocycles. The van der Waals surface area contributed by atoms with Crippen LogP contribution in [0.15, 0.2) is 42.5 Å². The summed E-state index contributed by atoms with van der Waals surface area (Å²) < 4.78 is 13.6. The second-order valence-electron chi connectivity index (χ2n) is 10.2. The summed E-state index contributed by atoms with van der Waals surface area (Å²) in [6.07, 6.45) is 7.24. The van der Waals surface area contributed by atoms with Crippen molar-refractivity contribution >= 4 is 11.6 Å². The van der Waals surface area contributed by atoms with Gasteiger partial charge in [0.1, 0.15) is 5.82 Å². The second kappa shape index (κ2) is 5.91. The number of halogens is 1. The Morgan fingerprint density at radius 1 is 1.03 bits per heavy atom. The average Bonchev–Trinajstić information content (AvgIpc) is 3.08. The highest BCUT2D eigenvalue weighted by atomic mass is 19.1. The molecular weight excluding hydrogens is 363 g/mol. The lowest BCUT2D eigenvalue weighted by molar-refractivity contribution is -0.145. The maximum Gasteiger partial charge on any atom is 0.233 e. The number of rotatable bonds is 2. The maximum atomic E-state index is 13.8. The zero-order valence-electron chi connectivity index (χ0n) is 16.7. The first-order valence-corrected chi connectivity index (χ1v) is 10.9. The largest absolute Gasteiger partial charge is 0.325 e. The Kier molecular flexibility index (Phi) is 3.60. The number of nitrogens with two attached hydrogens (primary N) is 1. The van der Waals surface area contributed by atoms with E-state index in [-0.39, 0.29) is 16.8 Å². The highest BCUT2D eigenvalue weighted by Crippen LogP contribution is 2.61. The Hall–Kier alpha value is -2.20. The molecule has 29 heavy (non-hydrogen) atoms. The summed E-state index contributed by atoms with van der Waals surface area (Å²) in [7, 11) is 0. The predicted octanol–water partition coefficient (Wildman–Crippen LogP) is 4.68. The third kappa shape index (κ3) is 2.68. The van der Waals surface area contributed by atoms with E-state index in [1.54, 1.807) is 12.1 Å². The highest BCUT2D eigenvalue weighted by molar-refractivity contribution is 6.00. The van der Waals surface area contributed by atoms with Crippen LogP contribution in [0.5, 0.6) is 0 Å². The lowest BCUT2D eigenvalue weighted by atomic mass is 9.46. The van der Waals surface area contributed by atoms with Crippen molar-refractivity contribution in [3.8, 4) is 11.1 Å². The molecule has 2 aromatic rings. The first kappa shape index (κ1) is 17.6. The van der Waals surface area contributed by atoms with Crippen LogP contribution < -0.4 is 10.6 Å². The van der Waals surface area contributed by atoms with Crippen molar-refractivity contribution in [3.05, 3.63) is 53.8 Å². The van der Waals surface area contributed by atoms with Crippen molar-refractivity contribution in [2.75, 3.05) is 11.4 Å². The minimum atomic E-state index is -0.248. The molecule has 0 radical (unpaired) electrons. The molecule has 0 saturated heterocycles. The Bertz CT molecular complexity index is 1000. The summed E-state index contributed by atoms with van der Waals surface area (Å²) in [6, 6.07) is 12.9. The number of hydrogen-bond acceptors (Lipinski definition) is 2. The van der Waals surface area contributed by atoms with Gasteiger partial charge in [0.2, 0.25) is 5.91 Å². The van der Waals surface area contributed by atoms with Crippen LogP contribution in [0.2, 0.25) is 0 Å². The van der Waals surface area contributed by atoms with E-state index in [0.29, 0.717) is 17.7 Å². The van der Waals surface area contributed by atoms with Crippen LogP contribution in [0.1, 0.15) is 44.1 Å². The molecule has 7 rings (SSSR count). The Morgan fingerprint density at radius 2 is 1.79 bits per heavy atom. The van der Waals surface area contributed by atoms with Gasteiger partial charge in [-0.25, -0.2) is 4.39 Å². The van der Waals surface area contributed by atoms with Crippen molar-refractivity contribution in [1.29, 1.82) is 0 Å². The van der Waals surface area contributed by atoms with Crippen molar-refractivity contribution in [2.24, 2.45) is 23.0 Å². The molecule has 3 nitrogen and oxygen atoms in total. The van der Waals surface area contributed by atoms with Gasteiger partial charge in [0.05, 0.1) is 5.41 Å². The van der Waals surface area contributed by atoms with Crippen LogP contribution in [0.25, 0.3) is 11.1 Å². The zero-order valence-corrected chi connectivity index (χ0v) is 16.7. The van der Waals surface area contributed by atoms with Gasteiger partial charge in [-0.2, -0.15) is 0 Å². The fraction of sp³-hybridized carbons (Fsp3) is 0.480. The molecule has 2 atom stereocenters. The average molecular weight is 391 g/mol. The lowest BCUT2D eigenvalue weighted by Gasteiger charge is -2.60. The number of nitrogens with zero attached hydrogens (tertiary/aromatic N) is 1. The van der Waals surface area contributed by atoms with Gasteiger partial charge in [-0.15, -0.1) is 0 Å². The van der Waals surface area contributed by atoms with Crippen molar-refractivity contribution in [1.82, 2.24) is 0 Å². The molecule has 4 bridgehead atoms. The smallest absolute Gasteiger partial charge is 0.233 e. The molecule has 4 aliphatic carbocycles. The molecular formula is C25H27FN2O. The van der Waals surface area contributed by atoms with Crippen molar-refractivity contribution in [2.45, 2.75) is 50.5 Å². The number of carbonyl (C=O) groups is 1. The zero-order chi connectivity index (χ0) is 19.8. The van der Waals surface area contributed by atoms with E-state index in [0.717, 1.165) is 61.9 Å². The molecule has 0 spiro atoms. The molecule has 4 fully saturated rings. The molecule has 1 amide bonds. The summed E-state index contributed by atoms with van der Waals surface area (Å²) in [5.74, 6) is 1.33. The van der Waals surface area contributed by atoms with E-state index < -0.39 is 0 Å². The number of anilines is 1. The van der Waals surface area contributed by atoms with E-state index >= 15 is 0 Å². The van der Waals surface area contributed by atoms with E-state index in [2.05, 4.69) is 12.1 Å². The van der Waals surface area contributed by atoms with E-state index in [9.17, 15) is 9.18 Å². The lowest BCUT2D eigenvalue weighted by Crippen LogP contribution is -2.64. The predicted molar refractivity (Wildman–Crippen MR) is 112 cm³/mol. The maximum absolute atomic E-state index is 13.8. The van der Waals surface area contributed by atoms with Gasteiger partial charge in [0.25, 0.3) is 0 Å². The molecule has 150 valence electrons. The van der Waals surface area contributed by atoms with Gasteiger partial charge in [-0.3, -0.25) is 4.79 Å². The first-order chi connectivity index (χ1) is 13.9. The molecule has 2 N–H and O–H groups in total. The van der Waals surface area contributed by atoms with Crippen molar-refractivity contribution < 1.29 is 9.18 Å². The van der Waals surface area contributed by atoms with Crippen LogP contribution in [0, 0.1) is 23.1 Å². The van der Waals surface area contributed by atoms with Gasteiger partial charge in [-0.05, 0) is 97.7 Å². The van der Waals surface area contributed by atoms with Gasteiger partial charge < -0.3 is 10.6 Å². The van der Waals surface area contributed by atoms with Crippen LogP contribution in [0.3, 0.4) is 0 Å². The number of hydrogen-bond donors (Lipinski definition) is 1. The van der Waals surface area contributed by atoms with Crippen LogP contribution in [0.4, 0.5) is 10.1 Å². The summed E-state index contributed by atoms with van der Waals surface area (Å²) in [5, 5.41) is 0. The fourth-order valence-corrected chi connectivity index (χ4v) is 7.33. The Balaban J connectivity index is 1.32. The number of benzene rings is 2. The minimum absolute atomic E-state index is 0.121. The normalized spacial score (nSPS) is 34.5. The molecule has 2 unspecified atom stereocenters. The van der Waals surface area contributed by atoms with Crippen LogP contribution >= 0.6 is 0 Å². The number of fused-ring (bicyclic) bond motifs is 1. The van der Waals surface area contributed by atoms with Crippen LogP contribution in [-0.4, -0.2) is 18.0 Å². The minimum Gasteiger partial charge on any atom is -0.325 e. The second-order valence-corrected chi connectivity index (χ2v) is 10.2. The summed E-state index contributed by atoms with van der Waals surface area (Å²) in [6.45, 7) is 0.745. The molecule has 5 aliphatic rings. The number of amides is 1. The molecule has 4 saturated carbocycles. The first-order valence-electron chi connectivity index (χ1n) is 10.9. The van der Waals surface area contributed by atoms with Crippen molar-refractivity contribution in [3.63, 3.8) is 0 Å². The SMILES string of the molecule is NC12CC3CC(C1)CC(C(=O)N1CCc4cc(-c5cccc(F)c5)ccc41)(C3)C2. The fourth-order valence-electron chi connectivity index (χ4n) is 7.33. The van der Waals surface area contributed by atoms with E-state index in [4.69, 9.17) is 5.73 Å². The van der Waals surface area contributed by atoms with E-state index in [1.807, 2.05) is 17.0 Å². The van der Waals surface area contributed by atoms with Gasteiger partial charge in [-0.1, -0.05) is 18.2 Å². The highest BCUT2D eigenvalue weighted by Gasteiger charge is 2.60. The molecule has 1 heterocycles. The third-order valence-electron chi connectivity index (χ3n) is 7.94. The van der Waals surface area contributed by atoms with E-state index in [1.165, 1.54) is 18.1 Å². The summed E-state index contributed by atoms with van der Waals surface area (Å²) >= 11 is 0.